The molecule has 0 atom stereocenters. The maximum Gasteiger partial charge on any atom is 0.270 e. The fourth-order valence-corrected chi connectivity index (χ4v) is 3.88. The minimum atomic E-state index is -0.556. The molecule has 6 nitrogen and oxygen atoms in total. The maximum absolute atomic E-state index is 13.2. The summed E-state index contributed by atoms with van der Waals surface area (Å²) in [6.45, 7) is 2.54. The van der Waals surface area contributed by atoms with Gasteiger partial charge in [-0.15, -0.1) is 0 Å². The minimum absolute atomic E-state index is 0.0374. The number of carbonyl (C=O) groups excluding carboxylic acids is 2. The standard InChI is InChI=1S/C26H21ClN2O4S/c1-2-32-23-15-17(12-13-22(23)33-16-18-8-6-7-11-21(18)27)14-20-24(30)28-26(34)29(25(20)31)19-9-4-3-5-10-19/h3-15H,2,16H2,1H3,(H,28,30,34). The highest BCUT2D eigenvalue weighted by molar-refractivity contribution is 7.80. The van der Waals surface area contributed by atoms with Gasteiger partial charge in [-0.1, -0.05) is 54.1 Å². The molecule has 1 fully saturated rings. The van der Waals surface area contributed by atoms with Crippen LogP contribution in [-0.4, -0.2) is 23.5 Å². The molecular formula is C26H21ClN2O4S. The number of thiocarbonyl (C=S) groups is 1. The number of hydrogen-bond donors (Lipinski definition) is 1. The van der Waals surface area contributed by atoms with Crippen molar-refractivity contribution in [2.24, 2.45) is 0 Å². The van der Waals surface area contributed by atoms with Gasteiger partial charge < -0.3 is 9.47 Å². The summed E-state index contributed by atoms with van der Waals surface area (Å²) in [5.74, 6) is -0.0467. The molecule has 0 radical (unpaired) electrons. The lowest BCUT2D eigenvalue weighted by atomic mass is 10.1. The van der Waals surface area contributed by atoms with Crippen molar-refractivity contribution in [2.75, 3.05) is 11.5 Å². The predicted molar refractivity (Wildman–Crippen MR) is 136 cm³/mol. The van der Waals surface area contributed by atoms with E-state index in [-0.39, 0.29) is 17.3 Å². The minimum Gasteiger partial charge on any atom is -0.490 e. The van der Waals surface area contributed by atoms with Crippen LogP contribution in [-0.2, 0) is 16.2 Å². The Kier molecular flexibility index (Phi) is 7.25. The summed E-state index contributed by atoms with van der Waals surface area (Å²) >= 11 is 11.4. The highest BCUT2D eigenvalue weighted by Gasteiger charge is 2.34. The smallest absolute Gasteiger partial charge is 0.270 e. The van der Waals surface area contributed by atoms with Crippen LogP contribution in [0.1, 0.15) is 18.1 Å². The van der Waals surface area contributed by atoms with E-state index in [1.165, 1.54) is 11.0 Å². The van der Waals surface area contributed by atoms with E-state index in [2.05, 4.69) is 5.32 Å². The second-order valence-corrected chi connectivity index (χ2v) is 8.11. The molecule has 3 aromatic carbocycles. The highest BCUT2D eigenvalue weighted by atomic mass is 35.5. The van der Waals surface area contributed by atoms with Crippen molar-refractivity contribution in [3.05, 3.63) is 94.5 Å². The van der Waals surface area contributed by atoms with E-state index in [0.29, 0.717) is 34.4 Å². The van der Waals surface area contributed by atoms with Crippen molar-refractivity contribution in [1.82, 2.24) is 5.32 Å². The molecule has 0 aliphatic carbocycles. The number of para-hydroxylation sites is 1. The Labute approximate surface area is 207 Å². The average molecular weight is 493 g/mol. The molecule has 172 valence electrons. The maximum atomic E-state index is 13.2. The summed E-state index contributed by atoms with van der Waals surface area (Å²) in [6.07, 6.45) is 1.51. The van der Waals surface area contributed by atoms with Gasteiger partial charge in [0, 0.05) is 10.6 Å². The van der Waals surface area contributed by atoms with E-state index >= 15 is 0 Å². The number of halogens is 1. The summed E-state index contributed by atoms with van der Waals surface area (Å²) in [5, 5.41) is 3.24. The van der Waals surface area contributed by atoms with Crippen LogP contribution in [0.5, 0.6) is 11.5 Å². The molecule has 0 bridgehead atoms. The SMILES string of the molecule is CCOc1cc(C=C2C(=O)NC(=S)N(c3ccccc3)C2=O)ccc1OCc1ccccc1Cl. The second-order valence-electron chi connectivity index (χ2n) is 7.31. The van der Waals surface area contributed by atoms with Gasteiger partial charge in [0.05, 0.1) is 12.3 Å². The Morgan fingerprint density at radius 2 is 1.71 bits per heavy atom. The van der Waals surface area contributed by atoms with Gasteiger partial charge in [-0.3, -0.25) is 19.8 Å². The van der Waals surface area contributed by atoms with Crippen molar-refractivity contribution < 1.29 is 19.1 Å². The number of amides is 2. The normalized spacial score (nSPS) is 14.8. The lowest BCUT2D eigenvalue weighted by Crippen LogP contribution is -2.54. The van der Waals surface area contributed by atoms with Gasteiger partial charge in [0.25, 0.3) is 11.8 Å². The fraction of sp³-hybridized carbons (Fsp3) is 0.115. The Morgan fingerprint density at radius 3 is 2.44 bits per heavy atom. The number of nitrogens with one attached hydrogen (secondary N) is 1. The first-order valence-corrected chi connectivity index (χ1v) is 11.4. The molecule has 0 spiro atoms. The van der Waals surface area contributed by atoms with E-state index < -0.39 is 11.8 Å². The summed E-state index contributed by atoms with van der Waals surface area (Å²) in [4.78, 5) is 27.0. The van der Waals surface area contributed by atoms with Gasteiger partial charge in [0.15, 0.2) is 16.6 Å². The Morgan fingerprint density at radius 1 is 0.971 bits per heavy atom. The van der Waals surface area contributed by atoms with E-state index in [4.69, 9.17) is 33.3 Å². The van der Waals surface area contributed by atoms with Crippen molar-refractivity contribution >= 4 is 52.5 Å². The zero-order valence-corrected chi connectivity index (χ0v) is 19.9. The van der Waals surface area contributed by atoms with Crippen LogP contribution in [0.25, 0.3) is 6.08 Å². The Balaban J connectivity index is 1.61. The molecule has 0 aromatic heterocycles. The molecule has 4 rings (SSSR count). The number of benzene rings is 3. The molecule has 1 aliphatic heterocycles. The van der Waals surface area contributed by atoms with Gasteiger partial charge >= 0.3 is 0 Å². The topological polar surface area (TPSA) is 67.9 Å². The first kappa shape index (κ1) is 23.5. The molecular weight excluding hydrogens is 472 g/mol. The van der Waals surface area contributed by atoms with Crippen LogP contribution in [0, 0.1) is 0 Å². The van der Waals surface area contributed by atoms with E-state index in [9.17, 15) is 9.59 Å². The predicted octanol–water partition coefficient (Wildman–Crippen LogP) is 5.15. The number of anilines is 1. The number of carbonyl (C=O) groups is 2. The molecule has 1 heterocycles. The zero-order chi connectivity index (χ0) is 24.1. The third kappa shape index (κ3) is 5.11. The zero-order valence-electron chi connectivity index (χ0n) is 18.3. The average Bonchev–Trinajstić information content (AvgIpc) is 2.83. The summed E-state index contributed by atoms with van der Waals surface area (Å²) < 4.78 is 11.7. The monoisotopic (exact) mass is 492 g/mol. The molecule has 1 N–H and O–H groups in total. The number of rotatable bonds is 7. The fourth-order valence-electron chi connectivity index (χ4n) is 3.41. The molecule has 2 amide bonds. The van der Waals surface area contributed by atoms with Crippen molar-refractivity contribution in [3.63, 3.8) is 0 Å². The third-order valence-corrected chi connectivity index (χ3v) is 5.69. The molecule has 1 aliphatic rings. The number of hydrogen-bond acceptors (Lipinski definition) is 5. The number of ether oxygens (including phenoxy) is 2. The summed E-state index contributed by atoms with van der Waals surface area (Å²) in [5.41, 5.74) is 1.98. The van der Waals surface area contributed by atoms with Crippen LogP contribution in [0.15, 0.2) is 78.4 Å². The van der Waals surface area contributed by atoms with Crippen LogP contribution in [0.4, 0.5) is 5.69 Å². The van der Waals surface area contributed by atoms with Gasteiger partial charge in [0.1, 0.15) is 12.2 Å². The van der Waals surface area contributed by atoms with Gasteiger partial charge in [0.2, 0.25) is 0 Å². The van der Waals surface area contributed by atoms with Crippen molar-refractivity contribution in [3.8, 4) is 11.5 Å². The van der Waals surface area contributed by atoms with Crippen LogP contribution >= 0.6 is 23.8 Å². The van der Waals surface area contributed by atoms with Gasteiger partial charge in [-0.25, -0.2) is 0 Å². The molecule has 0 saturated carbocycles. The molecule has 0 unspecified atom stereocenters. The van der Waals surface area contributed by atoms with Crippen LogP contribution in [0.2, 0.25) is 5.02 Å². The Bertz CT molecular complexity index is 1280. The van der Waals surface area contributed by atoms with Crippen molar-refractivity contribution in [1.29, 1.82) is 0 Å². The van der Waals surface area contributed by atoms with E-state index in [1.807, 2.05) is 31.2 Å². The van der Waals surface area contributed by atoms with Gasteiger partial charge in [-0.05, 0) is 61.1 Å². The van der Waals surface area contributed by atoms with E-state index in [1.54, 1.807) is 48.5 Å². The molecule has 3 aromatic rings. The number of nitrogens with zero attached hydrogens (tertiary/aromatic N) is 1. The first-order chi connectivity index (χ1) is 16.5. The quantitative estimate of drug-likeness (QED) is 0.281. The molecule has 1 saturated heterocycles. The van der Waals surface area contributed by atoms with Gasteiger partial charge in [-0.2, -0.15) is 0 Å². The van der Waals surface area contributed by atoms with E-state index in [0.717, 1.165) is 5.56 Å². The largest absolute Gasteiger partial charge is 0.490 e. The van der Waals surface area contributed by atoms with Crippen molar-refractivity contribution in [2.45, 2.75) is 13.5 Å². The summed E-state index contributed by atoms with van der Waals surface area (Å²) in [7, 11) is 0. The van der Waals surface area contributed by atoms with Crippen LogP contribution in [0.3, 0.4) is 0 Å². The first-order valence-electron chi connectivity index (χ1n) is 10.6. The Hall–Kier alpha value is -3.68. The highest BCUT2D eigenvalue weighted by Crippen LogP contribution is 2.31. The lowest BCUT2D eigenvalue weighted by molar-refractivity contribution is -0.122. The molecule has 34 heavy (non-hydrogen) atoms. The molecule has 8 heteroatoms. The van der Waals surface area contributed by atoms with Crippen LogP contribution < -0.4 is 19.7 Å². The third-order valence-electron chi connectivity index (χ3n) is 5.04. The summed E-state index contributed by atoms with van der Waals surface area (Å²) in [6, 6.07) is 21.6. The lowest BCUT2D eigenvalue weighted by Gasteiger charge is -2.28. The second kappa shape index (κ2) is 10.5.